The second-order valence-corrected chi connectivity index (χ2v) is 10.1. The first-order chi connectivity index (χ1) is 14.8. The van der Waals surface area contributed by atoms with Crippen molar-refractivity contribution in [1.82, 2.24) is 5.32 Å². The molecule has 158 valence electrons. The first-order valence-electron chi connectivity index (χ1n) is 9.77. The van der Waals surface area contributed by atoms with Gasteiger partial charge >= 0.3 is 0 Å². The van der Waals surface area contributed by atoms with Gasteiger partial charge in [-0.2, -0.15) is 0 Å². The van der Waals surface area contributed by atoms with Gasteiger partial charge in [0.05, 0.1) is 9.77 Å². The summed E-state index contributed by atoms with van der Waals surface area (Å²) in [6, 6.07) is 22.6. The summed E-state index contributed by atoms with van der Waals surface area (Å²) in [5.74, 6) is -0.140. The quantitative estimate of drug-likeness (QED) is 0.457. The first-order valence-corrected chi connectivity index (χ1v) is 12.1. The molecule has 4 aromatic rings. The number of primary sulfonamides is 1. The van der Waals surface area contributed by atoms with Crippen LogP contribution in [0, 0.1) is 6.92 Å². The van der Waals surface area contributed by atoms with Crippen LogP contribution < -0.4 is 10.5 Å². The lowest BCUT2D eigenvalue weighted by atomic mass is 10.0. The van der Waals surface area contributed by atoms with E-state index in [1.165, 1.54) is 29.0 Å². The minimum atomic E-state index is -3.73. The Bertz CT molecular complexity index is 1340. The molecule has 1 aromatic heterocycles. The van der Waals surface area contributed by atoms with Crippen LogP contribution in [-0.2, 0) is 23.0 Å². The SMILES string of the molecule is Cc1ccc(Cc2c(C(=O)NCc3ccc(S(N)(=O)=O)cc3)sc3ccccc23)cc1. The van der Waals surface area contributed by atoms with Crippen molar-refractivity contribution in [1.29, 1.82) is 0 Å². The van der Waals surface area contributed by atoms with Crippen LogP contribution in [0.1, 0.15) is 31.9 Å². The Labute approximate surface area is 185 Å². The van der Waals surface area contributed by atoms with Crippen molar-refractivity contribution in [3.63, 3.8) is 0 Å². The third-order valence-electron chi connectivity index (χ3n) is 5.11. The highest BCUT2D eigenvalue weighted by molar-refractivity contribution is 7.89. The van der Waals surface area contributed by atoms with Crippen LogP contribution in [0.4, 0.5) is 0 Å². The fourth-order valence-electron chi connectivity index (χ4n) is 3.43. The zero-order valence-corrected chi connectivity index (χ0v) is 18.6. The van der Waals surface area contributed by atoms with Gasteiger partial charge in [0.25, 0.3) is 5.91 Å². The summed E-state index contributed by atoms with van der Waals surface area (Å²) in [5.41, 5.74) is 4.17. The number of nitrogens with two attached hydrogens (primary N) is 1. The number of carbonyl (C=O) groups is 1. The summed E-state index contributed by atoms with van der Waals surface area (Å²) in [5, 5.41) is 9.19. The molecule has 5 nitrogen and oxygen atoms in total. The Balaban J connectivity index is 1.58. The number of hydrogen-bond donors (Lipinski definition) is 2. The van der Waals surface area contributed by atoms with E-state index in [2.05, 4.69) is 42.6 Å². The third-order valence-corrected chi connectivity index (χ3v) is 7.25. The van der Waals surface area contributed by atoms with Gasteiger partial charge in [0, 0.05) is 11.2 Å². The van der Waals surface area contributed by atoms with E-state index < -0.39 is 10.0 Å². The van der Waals surface area contributed by atoms with Gasteiger partial charge in [0.15, 0.2) is 0 Å². The number of carbonyl (C=O) groups excluding carboxylic acids is 1. The number of sulfonamides is 1. The van der Waals surface area contributed by atoms with E-state index in [4.69, 9.17) is 5.14 Å². The van der Waals surface area contributed by atoms with Crippen LogP contribution in [-0.4, -0.2) is 14.3 Å². The van der Waals surface area contributed by atoms with Gasteiger partial charge in [0.2, 0.25) is 10.0 Å². The van der Waals surface area contributed by atoms with Crippen molar-refractivity contribution in [2.24, 2.45) is 5.14 Å². The second kappa shape index (κ2) is 8.63. The maximum Gasteiger partial charge on any atom is 0.261 e. The predicted octanol–water partition coefficient (Wildman–Crippen LogP) is 4.38. The summed E-state index contributed by atoms with van der Waals surface area (Å²) in [7, 11) is -3.73. The highest BCUT2D eigenvalue weighted by Crippen LogP contribution is 2.33. The number of benzene rings is 3. The van der Waals surface area contributed by atoms with Gasteiger partial charge in [0.1, 0.15) is 0 Å². The number of nitrogens with one attached hydrogen (secondary N) is 1. The van der Waals surface area contributed by atoms with E-state index in [-0.39, 0.29) is 10.8 Å². The minimum absolute atomic E-state index is 0.0486. The highest BCUT2D eigenvalue weighted by atomic mass is 32.2. The molecule has 0 radical (unpaired) electrons. The third kappa shape index (κ3) is 4.85. The monoisotopic (exact) mass is 450 g/mol. The minimum Gasteiger partial charge on any atom is -0.347 e. The summed E-state index contributed by atoms with van der Waals surface area (Å²) in [6.07, 6.45) is 0.677. The van der Waals surface area contributed by atoms with E-state index in [0.29, 0.717) is 17.8 Å². The molecule has 3 aromatic carbocycles. The number of rotatable bonds is 6. The molecule has 0 saturated heterocycles. The fraction of sp³-hybridized carbons (Fsp3) is 0.125. The van der Waals surface area contributed by atoms with Crippen LogP contribution in [0.2, 0.25) is 0 Å². The Hall–Kier alpha value is -3.00. The number of hydrogen-bond acceptors (Lipinski definition) is 4. The molecule has 1 heterocycles. The topological polar surface area (TPSA) is 89.3 Å². The van der Waals surface area contributed by atoms with Crippen LogP contribution in [0.25, 0.3) is 10.1 Å². The molecule has 0 unspecified atom stereocenters. The molecule has 0 fully saturated rings. The van der Waals surface area contributed by atoms with Gasteiger partial charge in [-0.05, 0) is 53.6 Å². The van der Waals surface area contributed by atoms with E-state index >= 15 is 0 Å². The summed E-state index contributed by atoms with van der Waals surface area (Å²) >= 11 is 1.49. The summed E-state index contributed by atoms with van der Waals surface area (Å²) in [4.78, 5) is 13.8. The molecule has 1 amide bonds. The first kappa shape index (κ1) is 21.2. The average molecular weight is 451 g/mol. The largest absolute Gasteiger partial charge is 0.347 e. The van der Waals surface area contributed by atoms with E-state index in [1.54, 1.807) is 12.1 Å². The average Bonchev–Trinajstić information content (AvgIpc) is 3.12. The Morgan fingerprint density at radius 1 is 0.935 bits per heavy atom. The van der Waals surface area contributed by atoms with Gasteiger partial charge in [-0.3, -0.25) is 4.79 Å². The van der Waals surface area contributed by atoms with Gasteiger partial charge in [-0.25, -0.2) is 13.6 Å². The maximum atomic E-state index is 13.1. The molecule has 0 spiro atoms. The Morgan fingerprint density at radius 3 is 2.26 bits per heavy atom. The molecule has 0 atom stereocenters. The Morgan fingerprint density at radius 2 is 1.58 bits per heavy atom. The molecule has 0 bridgehead atoms. The van der Waals surface area contributed by atoms with Crippen molar-refractivity contribution < 1.29 is 13.2 Å². The maximum absolute atomic E-state index is 13.1. The molecule has 4 rings (SSSR count). The van der Waals surface area contributed by atoms with Crippen LogP contribution in [0.3, 0.4) is 0 Å². The van der Waals surface area contributed by atoms with E-state index in [9.17, 15) is 13.2 Å². The van der Waals surface area contributed by atoms with Crippen molar-refractivity contribution in [3.8, 4) is 0 Å². The second-order valence-electron chi connectivity index (χ2n) is 7.44. The van der Waals surface area contributed by atoms with Gasteiger partial charge < -0.3 is 5.32 Å². The molecule has 3 N–H and O–H groups in total. The lowest BCUT2D eigenvalue weighted by Gasteiger charge is -2.08. The summed E-state index contributed by atoms with van der Waals surface area (Å²) < 4.78 is 23.9. The molecule has 0 aliphatic heterocycles. The zero-order chi connectivity index (χ0) is 22.0. The normalized spacial score (nSPS) is 11.5. The number of amides is 1. The zero-order valence-electron chi connectivity index (χ0n) is 17.0. The van der Waals surface area contributed by atoms with Gasteiger partial charge in [-0.15, -0.1) is 11.3 Å². The molecule has 0 saturated carbocycles. The smallest absolute Gasteiger partial charge is 0.261 e. The molecule has 31 heavy (non-hydrogen) atoms. The fourth-order valence-corrected chi connectivity index (χ4v) is 5.08. The van der Waals surface area contributed by atoms with Gasteiger partial charge in [-0.1, -0.05) is 60.2 Å². The van der Waals surface area contributed by atoms with E-state index in [0.717, 1.165) is 26.8 Å². The molecule has 7 heteroatoms. The van der Waals surface area contributed by atoms with Crippen LogP contribution in [0.5, 0.6) is 0 Å². The summed E-state index contributed by atoms with van der Waals surface area (Å²) in [6.45, 7) is 2.35. The molecule has 0 aliphatic rings. The van der Waals surface area contributed by atoms with Crippen molar-refractivity contribution >= 4 is 37.4 Å². The van der Waals surface area contributed by atoms with Crippen molar-refractivity contribution in [2.45, 2.75) is 24.8 Å². The lowest BCUT2D eigenvalue weighted by molar-refractivity contribution is 0.0954. The molecular weight excluding hydrogens is 428 g/mol. The predicted molar refractivity (Wildman–Crippen MR) is 125 cm³/mol. The van der Waals surface area contributed by atoms with Crippen molar-refractivity contribution in [3.05, 3.63) is 99.9 Å². The number of aryl methyl sites for hydroxylation is 1. The molecule has 0 aliphatic carbocycles. The molecular formula is C24H22N2O3S2. The Kier molecular flexibility index (Phi) is 5.91. The van der Waals surface area contributed by atoms with Crippen LogP contribution in [0.15, 0.2) is 77.7 Å². The highest BCUT2D eigenvalue weighted by Gasteiger charge is 2.18. The standard InChI is InChI=1S/C24H22N2O3S2/c1-16-6-8-17(9-7-16)14-21-20-4-2-3-5-22(20)30-23(21)24(27)26-15-18-10-12-19(13-11-18)31(25,28)29/h2-13H,14-15H2,1H3,(H,26,27)(H2,25,28,29). The number of fused-ring (bicyclic) bond motifs is 1. The lowest BCUT2D eigenvalue weighted by Crippen LogP contribution is -2.23. The number of thiophene rings is 1. The van der Waals surface area contributed by atoms with Crippen molar-refractivity contribution in [2.75, 3.05) is 0 Å². The van der Waals surface area contributed by atoms with Crippen LogP contribution >= 0.6 is 11.3 Å². The van der Waals surface area contributed by atoms with E-state index in [1.807, 2.05) is 18.2 Å².